The van der Waals surface area contributed by atoms with Crippen LogP contribution < -0.4 is 9.62 Å². The lowest BCUT2D eigenvalue weighted by Crippen LogP contribution is -2.51. The molecule has 5 aliphatic rings. The van der Waals surface area contributed by atoms with Crippen LogP contribution in [0.5, 0.6) is 5.75 Å². The lowest BCUT2D eigenvalue weighted by atomic mass is 9.50. The van der Waals surface area contributed by atoms with Crippen molar-refractivity contribution in [2.75, 3.05) is 36.8 Å². The summed E-state index contributed by atoms with van der Waals surface area (Å²) in [6.45, 7) is 4.22. The summed E-state index contributed by atoms with van der Waals surface area (Å²) >= 11 is 0. The van der Waals surface area contributed by atoms with Gasteiger partial charge in [-0.15, -0.1) is 0 Å². The van der Waals surface area contributed by atoms with Crippen molar-refractivity contribution in [2.45, 2.75) is 45.1 Å². The number of sulfonamides is 1. The topological polar surface area (TPSA) is 103 Å². The van der Waals surface area contributed by atoms with Crippen molar-refractivity contribution in [3.05, 3.63) is 89.2 Å². The fourth-order valence-electron chi connectivity index (χ4n) is 8.75. The summed E-state index contributed by atoms with van der Waals surface area (Å²) in [5, 5.41) is 9.67. The number of carbonyl (C=O) groups excluding carboxylic acids is 1. The third kappa shape index (κ3) is 6.87. The molecule has 2 N–H and O–H groups in total. The number of nitrogens with zero attached hydrogens (tertiary/aromatic N) is 3. The first-order valence-corrected chi connectivity index (χ1v) is 17.7. The van der Waals surface area contributed by atoms with Crippen LogP contribution in [0.4, 0.5) is 5.69 Å². The summed E-state index contributed by atoms with van der Waals surface area (Å²) < 4.78 is 28.7. The molecule has 1 aromatic heterocycles. The second kappa shape index (κ2) is 12.1. The van der Waals surface area contributed by atoms with E-state index in [0.29, 0.717) is 28.9 Å². The molecule has 0 atom stereocenters. The molecular weight excluding hydrogens is 584 g/mol. The fraction of sp³-hybridized carbons (Fsp3) is 0.444. The molecular formula is C36H40N4O4S. The molecule has 1 aliphatic heterocycles. The number of anilines is 1. The normalized spacial score (nSPS) is 25.9. The van der Waals surface area contributed by atoms with E-state index in [1.165, 1.54) is 25.5 Å². The van der Waals surface area contributed by atoms with Crippen molar-refractivity contribution < 1.29 is 18.3 Å². The highest BCUT2D eigenvalue weighted by atomic mass is 32.2. The predicted octanol–water partition coefficient (Wildman–Crippen LogP) is 4.79. The number of amides is 1. The van der Waals surface area contributed by atoms with Crippen LogP contribution >= 0.6 is 0 Å². The Morgan fingerprint density at radius 3 is 2.24 bits per heavy atom. The molecule has 234 valence electrons. The second-order valence-electron chi connectivity index (χ2n) is 13.8. The number of aromatic nitrogens is 1. The first kappa shape index (κ1) is 29.8. The van der Waals surface area contributed by atoms with Crippen LogP contribution in [0.15, 0.2) is 67.0 Å². The minimum Gasteiger partial charge on any atom is -0.506 e. The number of carbonyl (C=O) groups is 1. The number of nitrogens with one attached hydrogen (secondary N) is 1. The van der Waals surface area contributed by atoms with Gasteiger partial charge in [0.1, 0.15) is 5.75 Å². The highest BCUT2D eigenvalue weighted by Crippen LogP contribution is 2.60. The molecule has 1 amide bonds. The molecule has 4 saturated carbocycles. The van der Waals surface area contributed by atoms with Gasteiger partial charge in [0.25, 0.3) is 5.91 Å². The smallest absolute Gasteiger partial charge is 0.264 e. The molecule has 45 heavy (non-hydrogen) atoms. The van der Waals surface area contributed by atoms with E-state index < -0.39 is 15.9 Å². The van der Waals surface area contributed by atoms with Crippen LogP contribution in [-0.4, -0.2) is 61.2 Å². The number of aromatic hydroxyl groups is 1. The van der Waals surface area contributed by atoms with Crippen molar-refractivity contribution in [3.63, 3.8) is 0 Å². The zero-order valence-electron chi connectivity index (χ0n) is 25.5. The largest absolute Gasteiger partial charge is 0.506 e. The van der Waals surface area contributed by atoms with E-state index in [0.717, 1.165) is 68.8 Å². The lowest BCUT2D eigenvalue weighted by Gasteiger charge is -2.56. The third-order valence-corrected chi connectivity index (χ3v) is 11.7. The number of hydrogen-bond donors (Lipinski definition) is 2. The first-order chi connectivity index (χ1) is 21.7. The number of hydrogen-bond acceptors (Lipinski definition) is 7. The van der Waals surface area contributed by atoms with E-state index in [1.807, 2.05) is 30.3 Å². The Hall–Kier alpha value is -3.87. The molecule has 1 saturated heterocycles. The van der Waals surface area contributed by atoms with Gasteiger partial charge in [-0.1, -0.05) is 30.0 Å². The van der Waals surface area contributed by atoms with E-state index in [4.69, 9.17) is 0 Å². The Labute approximate surface area is 265 Å². The van der Waals surface area contributed by atoms with E-state index in [2.05, 4.69) is 37.4 Å². The SMILES string of the molecule is O=C(NS(=O)(=O)CC12CC3CC(CC(C3)C1)C2)c1ccc(N2CCN(Cc3ccccc3C#Cc3cncc(O)c3)CC2)cc1. The van der Waals surface area contributed by atoms with Gasteiger partial charge in [-0.25, -0.2) is 13.1 Å². The molecule has 0 radical (unpaired) electrons. The summed E-state index contributed by atoms with van der Waals surface area (Å²) in [4.78, 5) is 21.7. The van der Waals surface area contributed by atoms with Crippen LogP contribution in [0.2, 0.25) is 0 Å². The zero-order chi connectivity index (χ0) is 31.0. The quantitative estimate of drug-likeness (QED) is 0.365. The van der Waals surface area contributed by atoms with Crippen LogP contribution in [0.3, 0.4) is 0 Å². The third-order valence-electron chi connectivity index (χ3n) is 10.3. The lowest BCUT2D eigenvalue weighted by molar-refractivity contribution is -0.0391. The van der Waals surface area contributed by atoms with Crippen LogP contribution in [0, 0.1) is 35.0 Å². The first-order valence-electron chi connectivity index (χ1n) is 16.1. The molecule has 0 spiro atoms. The maximum Gasteiger partial charge on any atom is 0.264 e. The monoisotopic (exact) mass is 624 g/mol. The van der Waals surface area contributed by atoms with Gasteiger partial charge in [0, 0.05) is 61.3 Å². The summed E-state index contributed by atoms with van der Waals surface area (Å²) in [6, 6.07) is 17.0. The van der Waals surface area contributed by atoms with Crippen molar-refractivity contribution in [2.24, 2.45) is 23.2 Å². The van der Waals surface area contributed by atoms with E-state index in [1.54, 1.807) is 24.4 Å². The van der Waals surface area contributed by atoms with Crippen molar-refractivity contribution >= 4 is 21.6 Å². The number of benzene rings is 2. The maximum absolute atomic E-state index is 13.1. The van der Waals surface area contributed by atoms with Crippen LogP contribution in [-0.2, 0) is 16.6 Å². The molecule has 2 heterocycles. The van der Waals surface area contributed by atoms with E-state index >= 15 is 0 Å². The number of pyridine rings is 1. The molecule has 4 aliphatic carbocycles. The van der Waals surface area contributed by atoms with E-state index in [-0.39, 0.29) is 16.9 Å². The molecule has 3 aromatic rings. The summed E-state index contributed by atoms with van der Waals surface area (Å²) in [7, 11) is -3.71. The maximum atomic E-state index is 13.1. The Kier molecular flexibility index (Phi) is 8.05. The van der Waals surface area contributed by atoms with Crippen molar-refractivity contribution in [1.29, 1.82) is 0 Å². The zero-order valence-corrected chi connectivity index (χ0v) is 26.3. The fourth-order valence-corrected chi connectivity index (χ4v) is 10.4. The summed E-state index contributed by atoms with van der Waals surface area (Å²) in [6.07, 6.45) is 9.79. The molecule has 5 fully saturated rings. The highest BCUT2D eigenvalue weighted by molar-refractivity contribution is 7.90. The Morgan fingerprint density at radius 2 is 1.58 bits per heavy atom. The minimum atomic E-state index is -3.71. The van der Waals surface area contributed by atoms with Gasteiger partial charge >= 0.3 is 0 Å². The summed E-state index contributed by atoms with van der Waals surface area (Å²) in [5.41, 5.74) is 4.02. The second-order valence-corrected chi connectivity index (χ2v) is 15.5. The summed E-state index contributed by atoms with van der Waals surface area (Å²) in [5.74, 6) is 7.97. The van der Waals surface area contributed by atoms with Gasteiger partial charge in [-0.2, -0.15) is 0 Å². The number of rotatable bonds is 7. The molecule has 0 unspecified atom stereocenters. The van der Waals surface area contributed by atoms with Crippen LogP contribution in [0.25, 0.3) is 0 Å². The van der Waals surface area contributed by atoms with Gasteiger partial charge < -0.3 is 10.0 Å². The van der Waals surface area contributed by atoms with Gasteiger partial charge in [-0.3, -0.25) is 14.7 Å². The average molecular weight is 625 g/mol. The highest BCUT2D eigenvalue weighted by Gasteiger charge is 2.52. The molecule has 9 heteroatoms. The molecule has 4 bridgehead atoms. The molecule has 8 rings (SSSR count). The number of piperazine rings is 1. The van der Waals surface area contributed by atoms with Crippen LogP contribution in [0.1, 0.15) is 65.6 Å². The van der Waals surface area contributed by atoms with Gasteiger partial charge in [0.15, 0.2) is 0 Å². The Balaban J connectivity index is 0.925. The standard InChI is InChI=1S/C36H40N4O4S/c41-34-18-26(22-37-23-34)5-6-30-3-1-2-4-32(30)24-39-11-13-40(14-12-39)33-9-7-31(8-10-33)35(42)38-45(43,44)25-36-19-27-15-28(20-36)17-29(16-27)21-36/h1-4,7-10,18,22-23,27-29,41H,11-17,19-21,24-25H2,(H,38,42). The minimum absolute atomic E-state index is 0.0731. The van der Waals surface area contributed by atoms with Gasteiger partial charge in [0.05, 0.1) is 11.9 Å². The Bertz CT molecular complexity index is 1700. The van der Waals surface area contributed by atoms with E-state index in [9.17, 15) is 18.3 Å². The molecule has 8 nitrogen and oxygen atoms in total. The van der Waals surface area contributed by atoms with Crippen molar-refractivity contribution in [1.82, 2.24) is 14.6 Å². The average Bonchev–Trinajstić information content (AvgIpc) is 3.00. The van der Waals surface area contributed by atoms with Gasteiger partial charge in [-0.05, 0) is 104 Å². The van der Waals surface area contributed by atoms with Crippen molar-refractivity contribution in [3.8, 4) is 17.6 Å². The van der Waals surface area contributed by atoms with Gasteiger partial charge in [0.2, 0.25) is 10.0 Å². The predicted molar refractivity (Wildman–Crippen MR) is 174 cm³/mol. The Morgan fingerprint density at radius 1 is 0.911 bits per heavy atom. The molecule has 2 aromatic carbocycles.